The summed E-state index contributed by atoms with van der Waals surface area (Å²) in [6.45, 7) is 3.04. The minimum absolute atomic E-state index is 0.0362. The number of para-hydroxylation sites is 1. The summed E-state index contributed by atoms with van der Waals surface area (Å²) in [6, 6.07) is 16.2. The van der Waals surface area contributed by atoms with E-state index in [4.69, 9.17) is 10.00 Å². The molecule has 2 aromatic carbocycles. The molecule has 5 nitrogen and oxygen atoms in total. The molecular weight excluding hydrogens is 398 g/mol. The van der Waals surface area contributed by atoms with Gasteiger partial charge < -0.3 is 10.1 Å². The van der Waals surface area contributed by atoms with E-state index >= 15 is 0 Å². The van der Waals surface area contributed by atoms with Gasteiger partial charge >= 0.3 is 0 Å². The molecule has 0 radical (unpaired) electrons. The smallest absolute Gasteiger partial charge is 0.244 e. The maximum Gasteiger partial charge on any atom is 0.244 e. The number of carbonyl (C=O) groups is 1. The number of amides is 1. The van der Waals surface area contributed by atoms with Gasteiger partial charge in [0, 0.05) is 30.8 Å². The second-order valence-corrected chi connectivity index (χ2v) is 8.90. The van der Waals surface area contributed by atoms with E-state index in [0.29, 0.717) is 0 Å². The van der Waals surface area contributed by atoms with Crippen LogP contribution in [0.3, 0.4) is 0 Å². The van der Waals surface area contributed by atoms with Gasteiger partial charge in [-0.2, -0.15) is 5.26 Å². The maximum absolute atomic E-state index is 12.4. The van der Waals surface area contributed by atoms with Crippen LogP contribution in [0.15, 0.2) is 48.5 Å². The number of rotatable bonds is 7. The lowest BCUT2D eigenvalue weighted by molar-refractivity contribution is -0.117. The van der Waals surface area contributed by atoms with Crippen molar-refractivity contribution in [3.8, 4) is 11.8 Å². The molecule has 2 aromatic rings. The zero-order valence-corrected chi connectivity index (χ0v) is 18.7. The first-order valence-electron chi connectivity index (χ1n) is 11.5. The fourth-order valence-corrected chi connectivity index (χ4v) is 4.87. The number of ether oxygens (including phenoxy) is 1. The summed E-state index contributed by atoms with van der Waals surface area (Å²) in [4.78, 5) is 14.8. The summed E-state index contributed by atoms with van der Waals surface area (Å²) in [5.41, 5.74) is 4.32. The third-order valence-corrected chi connectivity index (χ3v) is 6.72. The highest BCUT2D eigenvalue weighted by Gasteiger charge is 2.24. The normalized spacial score (nSPS) is 20.6. The Labute approximate surface area is 190 Å². The van der Waals surface area contributed by atoms with Gasteiger partial charge in [-0.15, -0.1) is 0 Å². The third-order valence-electron chi connectivity index (χ3n) is 6.72. The van der Waals surface area contributed by atoms with E-state index in [1.807, 2.05) is 42.5 Å². The highest BCUT2D eigenvalue weighted by molar-refractivity contribution is 5.92. The Morgan fingerprint density at radius 1 is 1.16 bits per heavy atom. The van der Waals surface area contributed by atoms with Crippen molar-refractivity contribution >= 4 is 12.0 Å². The first-order chi connectivity index (χ1) is 15.6. The van der Waals surface area contributed by atoms with Gasteiger partial charge in [0.25, 0.3) is 0 Å². The van der Waals surface area contributed by atoms with Gasteiger partial charge in [0.1, 0.15) is 5.75 Å². The van der Waals surface area contributed by atoms with Crippen molar-refractivity contribution in [2.45, 2.75) is 51.2 Å². The highest BCUT2D eigenvalue weighted by atomic mass is 16.5. The van der Waals surface area contributed by atoms with Crippen LogP contribution in [0.4, 0.5) is 0 Å². The zero-order valence-electron chi connectivity index (χ0n) is 18.7. The number of nitrogens with zero attached hydrogens (tertiary/aromatic N) is 2. The molecule has 0 spiro atoms. The lowest BCUT2D eigenvalue weighted by atomic mass is 9.84. The molecule has 1 amide bonds. The van der Waals surface area contributed by atoms with E-state index in [9.17, 15) is 4.79 Å². The SMILES string of the molecule is COc1ccccc1/C=C/C(=O)NC1CCC(CCN2Cc3ccc(C#N)cc3C2)CC1. The second-order valence-electron chi connectivity index (χ2n) is 8.90. The number of benzene rings is 2. The van der Waals surface area contributed by atoms with Crippen molar-refractivity contribution < 1.29 is 9.53 Å². The van der Waals surface area contributed by atoms with Crippen LogP contribution in [0.2, 0.25) is 0 Å². The third kappa shape index (κ3) is 5.57. The van der Waals surface area contributed by atoms with Crippen LogP contribution in [0.5, 0.6) is 5.75 Å². The molecule has 1 N–H and O–H groups in total. The van der Waals surface area contributed by atoms with Gasteiger partial charge in [-0.1, -0.05) is 24.3 Å². The van der Waals surface area contributed by atoms with Crippen LogP contribution in [0, 0.1) is 17.2 Å². The molecule has 0 unspecified atom stereocenters. The van der Waals surface area contributed by atoms with Crippen LogP contribution < -0.4 is 10.1 Å². The number of nitriles is 1. The standard InChI is InChI=1S/C27H31N3O2/c1-32-26-5-3-2-4-22(26)10-13-27(31)29-25-11-7-20(8-12-25)14-15-30-18-23-9-6-21(17-28)16-24(23)19-30/h2-6,9-10,13,16,20,25H,7-8,11-12,14-15,18-19H2,1H3,(H,29,31)/b13-10+. The largest absolute Gasteiger partial charge is 0.496 e. The summed E-state index contributed by atoms with van der Waals surface area (Å²) in [5.74, 6) is 1.46. The van der Waals surface area contributed by atoms with Crippen molar-refractivity contribution in [3.05, 3.63) is 70.8 Å². The molecule has 1 fully saturated rings. The van der Waals surface area contributed by atoms with Crippen molar-refractivity contribution in [2.24, 2.45) is 5.92 Å². The molecule has 1 heterocycles. The van der Waals surface area contributed by atoms with Gasteiger partial charge in [0.05, 0.1) is 18.7 Å². The Morgan fingerprint density at radius 2 is 1.94 bits per heavy atom. The van der Waals surface area contributed by atoms with Crippen molar-refractivity contribution in [1.82, 2.24) is 10.2 Å². The summed E-state index contributed by atoms with van der Waals surface area (Å²) >= 11 is 0. The minimum atomic E-state index is -0.0362. The van der Waals surface area contributed by atoms with E-state index in [1.165, 1.54) is 30.4 Å². The molecule has 0 aromatic heterocycles. The fraction of sp³-hybridized carbons (Fsp3) is 0.407. The molecule has 2 aliphatic rings. The van der Waals surface area contributed by atoms with Gasteiger partial charge in [0.2, 0.25) is 5.91 Å². The average Bonchev–Trinajstić information content (AvgIpc) is 3.24. The van der Waals surface area contributed by atoms with Gasteiger partial charge in [-0.25, -0.2) is 0 Å². The van der Waals surface area contributed by atoms with Crippen LogP contribution in [0.1, 0.15) is 54.4 Å². The van der Waals surface area contributed by atoms with Crippen molar-refractivity contribution in [3.63, 3.8) is 0 Å². The van der Waals surface area contributed by atoms with Crippen LogP contribution in [-0.2, 0) is 17.9 Å². The first kappa shape index (κ1) is 22.1. The number of nitrogens with one attached hydrogen (secondary N) is 1. The molecule has 166 valence electrons. The quantitative estimate of drug-likeness (QED) is 0.650. The zero-order chi connectivity index (χ0) is 22.3. The maximum atomic E-state index is 12.4. The molecular formula is C27H31N3O2. The second kappa shape index (κ2) is 10.5. The van der Waals surface area contributed by atoms with Gasteiger partial charge in [-0.3, -0.25) is 9.69 Å². The molecule has 0 atom stereocenters. The predicted molar refractivity (Wildman–Crippen MR) is 126 cm³/mol. The Kier molecular flexibility index (Phi) is 7.24. The lowest BCUT2D eigenvalue weighted by Gasteiger charge is -2.30. The van der Waals surface area contributed by atoms with Crippen LogP contribution >= 0.6 is 0 Å². The molecule has 0 bridgehead atoms. The highest BCUT2D eigenvalue weighted by Crippen LogP contribution is 2.29. The van der Waals surface area contributed by atoms with Gasteiger partial charge in [0.15, 0.2) is 0 Å². The molecule has 0 saturated heterocycles. The summed E-state index contributed by atoms with van der Waals surface area (Å²) in [7, 11) is 1.64. The molecule has 4 rings (SSSR count). The summed E-state index contributed by atoms with van der Waals surface area (Å²) in [6.07, 6.45) is 9.05. The number of fused-ring (bicyclic) bond motifs is 1. The molecule has 32 heavy (non-hydrogen) atoms. The molecule has 1 saturated carbocycles. The molecule has 1 aliphatic carbocycles. The van der Waals surface area contributed by atoms with E-state index < -0.39 is 0 Å². The van der Waals surface area contributed by atoms with Gasteiger partial charge in [-0.05, 0) is 80.0 Å². The Morgan fingerprint density at radius 3 is 2.72 bits per heavy atom. The number of carbonyl (C=O) groups excluding carboxylic acids is 1. The van der Waals surface area contributed by atoms with E-state index in [2.05, 4.69) is 22.4 Å². The van der Waals surface area contributed by atoms with Crippen molar-refractivity contribution in [1.29, 1.82) is 5.26 Å². The number of hydrogen-bond donors (Lipinski definition) is 1. The minimum Gasteiger partial charge on any atom is -0.496 e. The van der Waals surface area contributed by atoms with E-state index in [1.54, 1.807) is 13.2 Å². The predicted octanol–water partition coefficient (Wildman–Crippen LogP) is 4.66. The van der Waals surface area contributed by atoms with E-state index in [-0.39, 0.29) is 11.9 Å². The average molecular weight is 430 g/mol. The van der Waals surface area contributed by atoms with Crippen LogP contribution in [0.25, 0.3) is 6.08 Å². The summed E-state index contributed by atoms with van der Waals surface area (Å²) in [5, 5.41) is 12.3. The summed E-state index contributed by atoms with van der Waals surface area (Å²) < 4.78 is 5.33. The molecule has 1 aliphatic heterocycles. The number of methoxy groups -OCH3 is 1. The Balaban J connectivity index is 1.17. The fourth-order valence-electron chi connectivity index (χ4n) is 4.87. The van der Waals surface area contributed by atoms with E-state index in [0.717, 1.165) is 55.3 Å². The molecule has 5 heteroatoms. The monoisotopic (exact) mass is 429 g/mol. The topological polar surface area (TPSA) is 65.4 Å². The first-order valence-corrected chi connectivity index (χ1v) is 11.5. The number of hydrogen-bond acceptors (Lipinski definition) is 4. The van der Waals surface area contributed by atoms with Crippen LogP contribution in [-0.4, -0.2) is 30.5 Å². The lowest BCUT2D eigenvalue weighted by Crippen LogP contribution is -2.37. The Bertz CT molecular complexity index is 1020. The Hall–Kier alpha value is -3.10. The van der Waals surface area contributed by atoms with Crippen molar-refractivity contribution in [2.75, 3.05) is 13.7 Å².